The van der Waals surface area contributed by atoms with Gasteiger partial charge in [-0.1, -0.05) is 0 Å². The van der Waals surface area contributed by atoms with Crippen LogP contribution in [0.15, 0.2) is 12.3 Å². The van der Waals surface area contributed by atoms with E-state index in [1.54, 1.807) is 0 Å². The van der Waals surface area contributed by atoms with Crippen LogP contribution >= 0.6 is 0 Å². The monoisotopic (exact) mass is 252 g/mol. The van der Waals surface area contributed by atoms with Crippen LogP contribution in [-0.4, -0.2) is 35.9 Å². The van der Waals surface area contributed by atoms with Crippen LogP contribution in [-0.2, 0) is 9.84 Å². The first-order valence-electron chi connectivity index (χ1n) is 5.30. The zero-order chi connectivity index (χ0) is 12.3. The van der Waals surface area contributed by atoms with Gasteiger partial charge in [-0.2, -0.15) is 5.26 Å². The van der Waals surface area contributed by atoms with Crippen LogP contribution in [0.25, 0.3) is 0 Å². The number of aromatic nitrogens is 2. The molecular weight excluding hydrogens is 240 g/mol. The van der Waals surface area contributed by atoms with Gasteiger partial charge < -0.3 is 5.32 Å². The van der Waals surface area contributed by atoms with Gasteiger partial charge in [0.25, 0.3) is 0 Å². The SMILES string of the molecule is N#Cc1ccnc(NCC2CCCS2(=O)=O)n1. The summed E-state index contributed by atoms with van der Waals surface area (Å²) in [5, 5.41) is 11.2. The smallest absolute Gasteiger partial charge is 0.223 e. The Balaban J connectivity index is 2.01. The number of nitrogens with zero attached hydrogens (tertiary/aromatic N) is 3. The highest BCUT2D eigenvalue weighted by atomic mass is 32.2. The van der Waals surface area contributed by atoms with E-state index in [2.05, 4.69) is 15.3 Å². The van der Waals surface area contributed by atoms with Gasteiger partial charge in [0.15, 0.2) is 9.84 Å². The summed E-state index contributed by atoms with van der Waals surface area (Å²) in [7, 11) is -2.96. The highest BCUT2D eigenvalue weighted by molar-refractivity contribution is 7.92. The molecule has 0 amide bonds. The first-order valence-corrected chi connectivity index (χ1v) is 7.02. The first-order chi connectivity index (χ1) is 8.12. The van der Waals surface area contributed by atoms with E-state index in [-0.39, 0.29) is 16.7 Å². The molecule has 1 N–H and O–H groups in total. The molecule has 0 bridgehead atoms. The molecule has 0 radical (unpaired) electrons. The average molecular weight is 252 g/mol. The number of sulfone groups is 1. The number of rotatable bonds is 3. The predicted octanol–water partition coefficient (Wildman–Crippen LogP) is 0.337. The fourth-order valence-corrected chi connectivity index (χ4v) is 3.56. The van der Waals surface area contributed by atoms with Crippen molar-refractivity contribution in [1.29, 1.82) is 5.26 Å². The molecule has 2 rings (SSSR count). The molecule has 0 aliphatic carbocycles. The fraction of sp³-hybridized carbons (Fsp3) is 0.500. The Morgan fingerprint density at radius 3 is 3.06 bits per heavy atom. The van der Waals surface area contributed by atoms with Gasteiger partial charge in [-0.3, -0.25) is 0 Å². The summed E-state index contributed by atoms with van der Waals surface area (Å²) in [5.74, 6) is 0.560. The Hall–Kier alpha value is -1.68. The number of hydrogen-bond acceptors (Lipinski definition) is 6. The molecule has 7 heteroatoms. The van der Waals surface area contributed by atoms with Crippen molar-refractivity contribution in [3.63, 3.8) is 0 Å². The van der Waals surface area contributed by atoms with E-state index in [9.17, 15) is 8.42 Å². The van der Waals surface area contributed by atoms with Crippen molar-refractivity contribution in [2.75, 3.05) is 17.6 Å². The standard InChI is InChI=1S/C10H12N4O2S/c11-6-8-3-4-12-10(14-8)13-7-9-2-1-5-17(9,15)16/h3-4,9H,1-2,5,7H2,(H,12,13,14). The normalized spacial score (nSPS) is 21.9. The third-order valence-corrected chi connectivity index (χ3v) is 5.00. The van der Waals surface area contributed by atoms with Gasteiger partial charge in [0.2, 0.25) is 5.95 Å². The molecule has 17 heavy (non-hydrogen) atoms. The largest absolute Gasteiger partial charge is 0.353 e. The lowest BCUT2D eigenvalue weighted by Crippen LogP contribution is -2.25. The zero-order valence-electron chi connectivity index (χ0n) is 9.13. The van der Waals surface area contributed by atoms with Crippen LogP contribution in [0.5, 0.6) is 0 Å². The Kier molecular flexibility index (Phi) is 3.24. The molecule has 2 heterocycles. The number of nitrogens with one attached hydrogen (secondary N) is 1. The summed E-state index contributed by atoms with van der Waals surface area (Å²) in [5.41, 5.74) is 0.261. The summed E-state index contributed by atoms with van der Waals surface area (Å²) < 4.78 is 23.1. The van der Waals surface area contributed by atoms with Gasteiger partial charge in [0.05, 0.1) is 11.0 Å². The highest BCUT2D eigenvalue weighted by Crippen LogP contribution is 2.19. The Labute approximate surface area is 99.6 Å². The van der Waals surface area contributed by atoms with Gasteiger partial charge >= 0.3 is 0 Å². The van der Waals surface area contributed by atoms with Crippen molar-refractivity contribution in [3.8, 4) is 6.07 Å². The molecule has 1 aromatic rings. The molecular formula is C10H12N4O2S. The summed E-state index contributed by atoms with van der Waals surface area (Å²) >= 11 is 0. The van der Waals surface area contributed by atoms with Crippen LogP contribution in [0.3, 0.4) is 0 Å². The van der Waals surface area contributed by atoms with Crippen LogP contribution in [0.4, 0.5) is 5.95 Å². The van der Waals surface area contributed by atoms with Crippen LogP contribution < -0.4 is 5.32 Å². The van der Waals surface area contributed by atoms with E-state index in [0.29, 0.717) is 25.3 Å². The van der Waals surface area contributed by atoms with E-state index >= 15 is 0 Å². The molecule has 1 aromatic heterocycles. The third-order valence-electron chi connectivity index (χ3n) is 2.72. The van der Waals surface area contributed by atoms with E-state index < -0.39 is 9.84 Å². The molecule has 90 valence electrons. The fourth-order valence-electron chi connectivity index (χ4n) is 1.80. The van der Waals surface area contributed by atoms with Crippen LogP contribution in [0, 0.1) is 11.3 Å². The predicted molar refractivity (Wildman–Crippen MR) is 62.0 cm³/mol. The second-order valence-corrected chi connectivity index (χ2v) is 6.29. The van der Waals surface area contributed by atoms with Crippen LogP contribution in [0.1, 0.15) is 18.5 Å². The molecule has 0 aromatic carbocycles. The maximum atomic E-state index is 11.6. The summed E-state index contributed by atoms with van der Waals surface area (Å²) in [6.07, 6.45) is 2.86. The molecule has 0 saturated carbocycles. The molecule has 1 aliphatic heterocycles. The molecule has 1 saturated heterocycles. The highest BCUT2D eigenvalue weighted by Gasteiger charge is 2.30. The van der Waals surface area contributed by atoms with E-state index in [1.807, 2.05) is 6.07 Å². The minimum Gasteiger partial charge on any atom is -0.353 e. The molecule has 0 spiro atoms. The minimum atomic E-state index is -2.96. The van der Waals surface area contributed by atoms with Gasteiger partial charge in [-0.25, -0.2) is 18.4 Å². The third kappa shape index (κ3) is 2.71. The van der Waals surface area contributed by atoms with Crippen LogP contribution in [0.2, 0.25) is 0 Å². The average Bonchev–Trinajstić information content (AvgIpc) is 2.66. The maximum absolute atomic E-state index is 11.6. The topological polar surface area (TPSA) is 95.7 Å². The Bertz CT molecular complexity index is 550. The second kappa shape index (κ2) is 4.67. The zero-order valence-corrected chi connectivity index (χ0v) is 9.94. The lowest BCUT2D eigenvalue weighted by Gasteiger charge is -2.10. The molecule has 6 nitrogen and oxygen atoms in total. The van der Waals surface area contributed by atoms with Crippen molar-refractivity contribution >= 4 is 15.8 Å². The van der Waals surface area contributed by atoms with Crippen molar-refractivity contribution in [3.05, 3.63) is 18.0 Å². The molecule has 1 fully saturated rings. The van der Waals surface area contributed by atoms with Gasteiger partial charge in [0.1, 0.15) is 11.8 Å². The second-order valence-electron chi connectivity index (χ2n) is 3.89. The number of anilines is 1. The van der Waals surface area contributed by atoms with Crippen molar-refractivity contribution < 1.29 is 8.42 Å². The maximum Gasteiger partial charge on any atom is 0.223 e. The minimum absolute atomic E-state index is 0.261. The van der Waals surface area contributed by atoms with E-state index in [0.717, 1.165) is 0 Å². The number of hydrogen-bond donors (Lipinski definition) is 1. The number of nitriles is 1. The summed E-state index contributed by atoms with van der Waals surface area (Å²) in [6, 6.07) is 3.40. The Morgan fingerprint density at radius 1 is 1.59 bits per heavy atom. The van der Waals surface area contributed by atoms with Crippen molar-refractivity contribution in [1.82, 2.24) is 9.97 Å². The summed E-state index contributed by atoms with van der Waals surface area (Å²) in [4.78, 5) is 7.85. The summed E-state index contributed by atoms with van der Waals surface area (Å²) in [6.45, 7) is 0.303. The molecule has 1 aliphatic rings. The van der Waals surface area contributed by atoms with E-state index in [1.165, 1.54) is 12.3 Å². The van der Waals surface area contributed by atoms with E-state index in [4.69, 9.17) is 5.26 Å². The molecule has 1 atom stereocenters. The van der Waals surface area contributed by atoms with Gasteiger partial charge in [0, 0.05) is 12.7 Å². The van der Waals surface area contributed by atoms with Gasteiger partial charge in [-0.15, -0.1) is 0 Å². The van der Waals surface area contributed by atoms with Crippen molar-refractivity contribution in [2.45, 2.75) is 18.1 Å². The first kappa shape index (κ1) is 11.8. The lowest BCUT2D eigenvalue weighted by atomic mass is 10.2. The quantitative estimate of drug-likeness (QED) is 0.833. The Morgan fingerprint density at radius 2 is 2.41 bits per heavy atom. The molecule has 1 unspecified atom stereocenters. The van der Waals surface area contributed by atoms with Gasteiger partial charge in [-0.05, 0) is 18.9 Å². The van der Waals surface area contributed by atoms with Crippen molar-refractivity contribution in [2.24, 2.45) is 0 Å². The lowest BCUT2D eigenvalue weighted by molar-refractivity contribution is 0.591.